The minimum atomic E-state index is -2.04. The van der Waals surface area contributed by atoms with Gasteiger partial charge in [-0.2, -0.15) is 0 Å². The van der Waals surface area contributed by atoms with Crippen molar-refractivity contribution in [2.24, 2.45) is 0 Å². The topological polar surface area (TPSA) is 57.5 Å². The van der Waals surface area contributed by atoms with Crippen molar-refractivity contribution in [2.75, 3.05) is 0 Å². The van der Waals surface area contributed by atoms with Crippen LogP contribution in [0.15, 0.2) is 12.1 Å². The van der Waals surface area contributed by atoms with Crippen molar-refractivity contribution in [2.45, 2.75) is 13.0 Å². The Labute approximate surface area is 78.6 Å². The molecule has 76 valence electrons. The Kier molecular flexibility index (Phi) is 2.81. The first-order valence-corrected chi connectivity index (χ1v) is 3.80. The summed E-state index contributed by atoms with van der Waals surface area (Å²) in [6.45, 7) is 1.34. The van der Waals surface area contributed by atoms with Crippen LogP contribution in [-0.4, -0.2) is 16.2 Å². The predicted molar refractivity (Wildman–Crippen MR) is 43.7 cm³/mol. The molecule has 0 aromatic heterocycles. The fraction of sp³-hybridized carbons (Fsp3) is 0.222. The molecule has 0 radical (unpaired) electrons. The Bertz CT molecular complexity index is 377. The Balaban J connectivity index is 3.24. The monoisotopic (exact) mass is 202 g/mol. The molecule has 1 unspecified atom stereocenters. The van der Waals surface area contributed by atoms with Crippen molar-refractivity contribution in [1.82, 2.24) is 0 Å². The number of hydrogen-bond acceptors (Lipinski definition) is 2. The third kappa shape index (κ3) is 1.72. The van der Waals surface area contributed by atoms with Crippen molar-refractivity contribution in [1.29, 1.82) is 0 Å². The minimum Gasteiger partial charge on any atom is -0.479 e. The molecule has 0 aliphatic rings. The second kappa shape index (κ2) is 3.71. The lowest BCUT2D eigenvalue weighted by atomic mass is 10.1. The molecule has 0 bridgehead atoms. The van der Waals surface area contributed by atoms with Gasteiger partial charge in [0, 0.05) is 5.56 Å². The summed E-state index contributed by atoms with van der Waals surface area (Å²) < 4.78 is 26.0. The fourth-order valence-electron chi connectivity index (χ4n) is 1.01. The van der Waals surface area contributed by atoms with Crippen LogP contribution in [0, 0.1) is 18.6 Å². The highest BCUT2D eigenvalue weighted by Crippen LogP contribution is 2.21. The third-order valence-corrected chi connectivity index (χ3v) is 1.83. The molecule has 0 saturated heterocycles. The summed E-state index contributed by atoms with van der Waals surface area (Å²) in [7, 11) is 0. The number of carboxylic acids is 1. The van der Waals surface area contributed by atoms with Crippen molar-refractivity contribution >= 4 is 5.97 Å². The minimum absolute atomic E-state index is 0.0591. The summed E-state index contributed by atoms with van der Waals surface area (Å²) in [6, 6.07) is 2.26. The van der Waals surface area contributed by atoms with E-state index in [1.54, 1.807) is 0 Å². The molecular weight excluding hydrogens is 194 g/mol. The van der Waals surface area contributed by atoms with Crippen LogP contribution in [0.2, 0.25) is 0 Å². The Morgan fingerprint density at radius 1 is 1.36 bits per heavy atom. The van der Waals surface area contributed by atoms with Crippen LogP contribution >= 0.6 is 0 Å². The van der Waals surface area contributed by atoms with Crippen LogP contribution in [-0.2, 0) is 4.79 Å². The first-order chi connectivity index (χ1) is 6.45. The highest BCUT2D eigenvalue weighted by molar-refractivity contribution is 5.74. The molecule has 1 aromatic carbocycles. The zero-order chi connectivity index (χ0) is 10.9. The predicted octanol–water partition coefficient (Wildman–Crippen LogP) is 1.39. The lowest BCUT2D eigenvalue weighted by Gasteiger charge is -2.08. The molecule has 14 heavy (non-hydrogen) atoms. The van der Waals surface area contributed by atoms with Crippen LogP contribution in [0.3, 0.4) is 0 Å². The van der Waals surface area contributed by atoms with Gasteiger partial charge in [0.25, 0.3) is 0 Å². The van der Waals surface area contributed by atoms with Gasteiger partial charge in [-0.15, -0.1) is 0 Å². The maximum absolute atomic E-state index is 13.1. The van der Waals surface area contributed by atoms with Gasteiger partial charge < -0.3 is 10.2 Å². The second-order valence-electron chi connectivity index (χ2n) is 2.84. The van der Waals surface area contributed by atoms with E-state index in [9.17, 15) is 13.6 Å². The highest BCUT2D eigenvalue weighted by atomic mass is 19.2. The Hall–Kier alpha value is -1.49. The fourth-order valence-corrected chi connectivity index (χ4v) is 1.01. The van der Waals surface area contributed by atoms with Gasteiger partial charge >= 0.3 is 5.97 Å². The summed E-state index contributed by atoms with van der Waals surface area (Å²) in [4.78, 5) is 10.3. The van der Waals surface area contributed by atoms with Crippen LogP contribution < -0.4 is 0 Å². The van der Waals surface area contributed by atoms with Gasteiger partial charge in [0.05, 0.1) is 0 Å². The van der Waals surface area contributed by atoms with Crippen molar-refractivity contribution in [3.63, 3.8) is 0 Å². The molecule has 0 heterocycles. The number of halogens is 2. The molecule has 0 amide bonds. The molecule has 1 rings (SSSR count). The lowest BCUT2D eigenvalue weighted by molar-refractivity contribution is -0.147. The number of rotatable bonds is 2. The van der Waals surface area contributed by atoms with Crippen LogP contribution in [0.5, 0.6) is 0 Å². The summed E-state index contributed by atoms with van der Waals surface area (Å²) in [5, 5.41) is 17.4. The van der Waals surface area contributed by atoms with Crippen LogP contribution in [0.1, 0.15) is 17.2 Å². The van der Waals surface area contributed by atoms with E-state index in [0.717, 1.165) is 6.07 Å². The number of hydrogen-bond donors (Lipinski definition) is 2. The zero-order valence-corrected chi connectivity index (χ0v) is 7.29. The average Bonchev–Trinajstić information content (AvgIpc) is 2.13. The van der Waals surface area contributed by atoms with E-state index >= 15 is 0 Å². The molecule has 1 atom stereocenters. The van der Waals surface area contributed by atoms with Gasteiger partial charge in [0.1, 0.15) is 0 Å². The first-order valence-electron chi connectivity index (χ1n) is 3.80. The maximum Gasteiger partial charge on any atom is 0.337 e. The van der Waals surface area contributed by atoms with E-state index in [0.29, 0.717) is 0 Å². The van der Waals surface area contributed by atoms with E-state index in [1.807, 2.05) is 0 Å². The largest absolute Gasteiger partial charge is 0.479 e. The number of aliphatic hydroxyl groups is 1. The number of benzene rings is 1. The number of aliphatic carboxylic acids is 1. The normalized spacial score (nSPS) is 12.6. The molecule has 0 spiro atoms. The van der Waals surface area contributed by atoms with Gasteiger partial charge in [-0.3, -0.25) is 0 Å². The highest BCUT2D eigenvalue weighted by Gasteiger charge is 2.22. The quantitative estimate of drug-likeness (QED) is 0.761. The SMILES string of the molecule is Cc1ccc(C(O)C(=O)O)c(F)c1F. The molecule has 1 aromatic rings. The summed E-state index contributed by atoms with van der Waals surface area (Å²) in [6.07, 6.45) is -2.04. The van der Waals surface area contributed by atoms with E-state index < -0.39 is 29.3 Å². The summed E-state index contributed by atoms with van der Waals surface area (Å²) in [5.41, 5.74) is -0.510. The molecule has 5 heteroatoms. The second-order valence-corrected chi connectivity index (χ2v) is 2.84. The van der Waals surface area contributed by atoms with E-state index in [-0.39, 0.29) is 5.56 Å². The molecule has 0 aliphatic heterocycles. The summed E-state index contributed by atoms with van der Waals surface area (Å²) in [5.74, 6) is -4.07. The van der Waals surface area contributed by atoms with Gasteiger partial charge in [-0.25, -0.2) is 13.6 Å². The molecule has 0 fully saturated rings. The molecule has 3 nitrogen and oxygen atoms in total. The smallest absolute Gasteiger partial charge is 0.337 e. The van der Waals surface area contributed by atoms with Gasteiger partial charge in [0.15, 0.2) is 17.7 Å². The standard InChI is InChI=1S/C9H8F2O3/c1-4-2-3-5(7(11)6(4)10)8(12)9(13)14/h2-3,8,12H,1H3,(H,13,14). The number of aryl methyl sites for hydroxylation is 1. The Morgan fingerprint density at radius 2 is 1.93 bits per heavy atom. The average molecular weight is 202 g/mol. The Morgan fingerprint density at radius 3 is 2.43 bits per heavy atom. The van der Waals surface area contributed by atoms with Crippen molar-refractivity contribution in [3.05, 3.63) is 34.9 Å². The van der Waals surface area contributed by atoms with E-state index in [4.69, 9.17) is 10.2 Å². The number of aliphatic hydroxyl groups excluding tert-OH is 1. The van der Waals surface area contributed by atoms with Crippen LogP contribution in [0.25, 0.3) is 0 Å². The third-order valence-electron chi connectivity index (χ3n) is 1.83. The lowest BCUT2D eigenvalue weighted by Crippen LogP contribution is -2.13. The van der Waals surface area contributed by atoms with Crippen molar-refractivity contribution < 1.29 is 23.8 Å². The van der Waals surface area contributed by atoms with E-state index in [1.165, 1.54) is 13.0 Å². The zero-order valence-electron chi connectivity index (χ0n) is 7.29. The van der Waals surface area contributed by atoms with Crippen molar-refractivity contribution in [3.8, 4) is 0 Å². The van der Waals surface area contributed by atoms with Gasteiger partial charge in [-0.05, 0) is 12.5 Å². The van der Waals surface area contributed by atoms with Gasteiger partial charge in [-0.1, -0.05) is 12.1 Å². The maximum atomic E-state index is 13.1. The number of carbonyl (C=O) groups is 1. The molecule has 0 aliphatic carbocycles. The first kappa shape index (κ1) is 10.6. The molecular formula is C9H8F2O3. The van der Waals surface area contributed by atoms with Gasteiger partial charge in [0.2, 0.25) is 0 Å². The van der Waals surface area contributed by atoms with E-state index in [2.05, 4.69) is 0 Å². The summed E-state index contributed by atoms with van der Waals surface area (Å²) >= 11 is 0. The number of carboxylic acid groups (broad SMARTS) is 1. The van der Waals surface area contributed by atoms with Crippen LogP contribution in [0.4, 0.5) is 8.78 Å². The molecule has 2 N–H and O–H groups in total. The molecule has 0 saturated carbocycles.